The Bertz CT molecular complexity index is 378. The smallest absolute Gasteiger partial charge is 0.138 e. The lowest BCUT2D eigenvalue weighted by molar-refractivity contribution is 0.360. The molecule has 16 heavy (non-hydrogen) atoms. The maximum Gasteiger partial charge on any atom is 0.138 e. The standard InChI is InChI=1S/C13H16Cl2O/c1-13(2,3)7-4-8-16-12-6-5-10(14)9-11(12)15/h4-7,9H,8H2,1-3H3/b7-4+. The second-order valence-electron chi connectivity index (χ2n) is 4.65. The van der Waals surface area contributed by atoms with Crippen molar-refractivity contribution >= 4 is 23.2 Å². The molecule has 0 saturated heterocycles. The zero-order valence-corrected chi connectivity index (χ0v) is 11.3. The highest BCUT2D eigenvalue weighted by molar-refractivity contribution is 6.35. The summed E-state index contributed by atoms with van der Waals surface area (Å²) in [6.07, 6.45) is 4.10. The van der Waals surface area contributed by atoms with Gasteiger partial charge >= 0.3 is 0 Å². The highest BCUT2D eigenvalue weighted by atomic mass is 35.5. The minimum atomic E-state index is 0.174. The van der Waals surface area contributed by atoms with Gasteiger partial charge in [-0.05, 0) is 23.6 Å². The fourth-order valence-corrected chi connectivity index (χ4v) is 1.59. The Kier molecular flexibility index (Phi) is 4.69. The number of hydrogen-bond acceptors (Lipinski definition) is 1. The molecule has 0 heterocycles. The molecular formula is C13H16Cl2O. The molecule has 0 aromatic heterocycles. The van der Waals surface area contributed by atoms with E-state index in [1.54, 1.807) is 18.2 Å². The van der Waals surface area contributed by atoms with Gasteiger partial charge < -0.3 is 4.74 Å². The van der Waals surface area contributed by atoms with Crippen LogP contribution < -0.4 is 4.74 Å². The van der Waals surface area contributed by atoms with Gasteiger partial charge in [-0.1, -0.05) is 56.1 Å². The quantitative estimate of drug-likeness (QED) is 0.696. The van der Waals surface area contributed by atoms with Gasteiger partial charge in [-0.2, -0.15) is 0 Å². The van der Waals surface area contributed by atoms with E-state index in [1.165, 1.54) is 0 Å². The number of allylic oxidation sites excluding steroid dienone is 1. The van der Waals surface area contributed by atoms with Crippen molar-refractivity contribution in [2.45, 2.75) is 20.8 Å². The first kappa shape index (κ1) is 13.4. The van der Waals surface area contributed by atoms with E-state index in [4.69, 9.17) is 27.9 Å². The minimum absolute atomic E-state index is 0.174. The number of ether oxygens (including phenoxy) is 1. The molecule has 0 aliphatic carbocycles. The van der Waals surface area contributed by atoms with Crippen LogP contribution in [0.5, 0.6) is 5.75 Å². The van der Waals surface area contributed by atoms with E-state index in [0.29, 0.717) is 22.4 Å². The Balaban J connectivity index is 2.53. The van der Waals surface area contributed by atoms with Crippen LogP contribution in [0, 0.1) is 5.41 Å². The van der Waals surface area contributed by atoms with Crippen LogP contribution in [0.15, 0.2) is 30.4 Å². The fourth-order valence-electron chi connectivity index (χ4n) is 1.13. The van der Waals surface area contributed by atoms with Gasteiger partial charge in [0.1, 0.15) is 12.4 Å². The summed E-state index contributed by atoms with van der Waals surface area (Å²) in [5, 5.41) is 1.15. The molecule has 3 heteroatoms. The maximum absolute atomic E-state index is 5.96. The Hall–Kier alpha value is -0.660. The molecule has 1 aromatic rings. The van der Waals surface area contributed by atoms with Crippen LogP contribution in [-0.2, 0) is 0 Å². The highest BCUT2D eigenvalue weighted by Gasteiger charge is 2.04. The zero-order valence-electron chi connectivity index (χ0n) is 9.76. The molecule has 0 aliphatic rings. The van der Waals surface area contributed by atoms with Gasteiger partial charge in [0.2, 0.25) is 0 Å². The van der Waals surface area contributed by atoms with E-state index in [9.17, 15) is 0 Å². The van der Waals surface area contributed by atoms with Crippen LogP contribution in [0.4, 0.5) is 0 Å². The summed E-state index contributed by atoms with van der Waals surface area (Å²) in [5.41, 5.74) is 0.174. The van der Waals surface area contributed by atoms with Crippen molar-refractivity contribution in [1.82, 2.24) is 0 Å². The Labute approximate surface area is 107 Å². The monoisotopic (exact) mass is 258 g/mol. The predicted octanol–water partition coefficient (Wildman–Crippen LogP) is 4.97. The van der Waals surface area contributed by atoms with Crippen LogP contribution in [0.1, 0.15) is 20.8 Å². The van der Waals surface area contributed by atoms with E-state index in [0.717, 1.165) is 0 Å². The molecule has 0 spiro atoms. The Morgan fingerprint density at radius 2 is 1.94 bits per heavy atom. The molecule has 0 unspecified atom stereocenters. The maximum atomic E-state index is 5.96. The second-order valence-corrected chi connectivity index (χ2v) is 5.50. The van der Waals surface area contributed by atoms with E-state index in [2.05, 4.69) is 26.8 Å². The van der Waals surface area contributed by atoms with E-state index in [1.807, 2.05) is 6.08 Å². The average Bonchev–Trinajstić information content (AvgIpc) is 2.13. The Morgan fingerprint density at radius 1 is 1.25 bits per heavy atom. The van der Waals surface area contributed by atoms with E-state index < -0.39 is 0 Å². The molecule has 0 aliphatic heterocycles. The predicted molar refractivity (Wildman–Crippen MR) is 70.6 cm³/mol. The van der Waals surface area contributed by atoms with Gasteiger partial charge in [0.25, 0.3) is 0 Å². The molecular weight excluding hydrogens is 243 g/mol. The molecule has 0 bridgehead atoms. The summed E-state index contributed by atoms with van der Waals surface area (Å²) in [6, 6.07) is 5.21. The first-order chi connectivity index (χ1) is 7.38. The van der Waals surface area contributed by atoms with Gasteiger partial charge in [-0.15, -0.1) is 0 Å². The van der Waals surface area contributed by atoms with Crippen molar-refractivity contribution in [3.05, 3.63) is 40.4 Å². The first-order valence-electron chi connectivity index (χ1n) is 5.14. The summed E-state index contributed by atoms with van der Waals surface area (Å²) in [4.78, 5) is 0. The SMILES string of the molecule is CC(C)(C)/C=C/COc1ccc(Cl)cc1Cl. The van der Waals surface area contributed by atoms with E-state index in [-0.39, 0.29) is 5.41 Å². The van der Waals surface area contributed by atoms with Gasteiger partial charge in [-0.3, -0.25) is 0 Å². The topological polar surface area (TPSA) is 9.23 Å². The summed E-state index contributed by atoms with van der Waals surface area (Å²) in [6.45, 7) is 6.93. The highest BCUT2D eigenvalue weighted by Crippen LogP contribution is 2.27. The minimum Gasteiger partial charge on any atom is -0.488 e. The third-order valence-corrected chi connectivity index (χ3v) is 2.38. The van der Waals surface area contributed by atoms with Crippen LogP contribution in [0.3, 0.4) is 0 Å². The lowest BCUT2D eigenvalue weighted by Crippen LogP contribution is -2.01. The molecule has 0 saturated carbocycles. The Morgan fingerprint density at radius 3 is 2.50 bits per heavy atom. The number of halogens is 2. The van der Waals surface area contributed by atoms with E-state index >= 15 is 0 Å². The second kappa shape index (κ2) is 5.60. The van der Waals surface area contributed by atoms with Crippen LogP contribution in [0.25, 0.3) is 0 Å². The third kappa shape index (κ3) is 4.91. The number of benzene rings is 1. The fraction of sp³-hybridized carbons (Fsp3) is 0.385. The van der Waals surface area contributed by atoms with Crippen LogP contribution in [0.2, 0.25) is 10.0 Å². The van der Waals surface area contributed by atoms with Crippen molar-refractivity contribution in [1.29, 1.82) is 0 Å². The molecule has 1 aromatic carbocycles. The van der Waals surface area contributed by atoms with Gasteiger partial charge in [0.15, 0.2) is 0 Å². The third-order valence-electron chi connectivity index (χ3n) is 1.85. The molecule has 0 atom stereocenters. The number of hydrogen-bond donors (Lipinski definition) is 0. The van der Waals surface area contributed by atoms with Crippen molar-refractivity contribution in [3.63, 3.8) is 0 Å². The average molecular weight is 259 g/mol. The molecule has 1 nitrogen and oxygen atoms in total. The summed E-state index contributed by atoms with van der Waals surface area (Å²) in [7, 11) is 0. The molecule has 88 valence electrons. The van der Waals surface area contributed by atoms with Crippen molar-refractivity contribution < 1.29 is 4.74 Å². The normalized spacial score (nSPS) is 12.1. The number of rotatable bonds is 3. The van der Waals surface area contributed by atoms with Gasteiger partial charge in [0.05, 0.1) is 5.02 Å². The molecule has 0 amide bonds. The zero-order chi connectivity index (χ0) is 12.2. The first-order valence-corrected chi connectivity index (χ1v) is 5.89. The lowest BCUT2D eigenvalue weighted by Gasteiger charge is -2.11. The molecule has 0 fully saturated rings. The summed E-state index contributed by atoms with van der Waals surface area (Å²) in [5.74, 6) is 0.657. The molecule has 1 rings (SSSR count). The molecule has 0 radical (unpaired) electrons. The van der Waals surface area contributed by atoms with Gasteiger partial charge in [-0.25, -0.2) is 0 Å². The van der Waals surface area contributed by atoms with Crippen molar-refractivity contribution in [2.24, 2.45) is 5.41 Å². The molecule has 0 N–H and O–H groups in total. The lowest BCUT2D eigenvalue weighted by atomic mass is 9.96. The van der Waals surface area contributed by atoms with Crippen molar-refractivity contribution in [3.8, 4) is 5.75 Å². The summed E-state index contributed by atoms with van der Waals surface area (Å²) < 4.78 is 5.51. The van der Waals surface area contributed by atoms with Crippen LogP contribution >= 0.6 is 23.2 Å². The van der Waals surface area contributed by atoms with Crippen molar-refractivity contribution in [2.75, 3.05) is 6.61 Å². The van der Waals surface area contributed by atoms with Gasteiger partial charge in [0, 0.05) is 5.02 Å². The summed E-state index contributed by atoms with van der Waals surface area (Å²) >= 11 is 11.7. The largest absolute Gasteiger partial charge is 0.488 e. The van der Waals surface area contributed by atoms with Crippen LogP contribution in [-0.4, -0.2) is 6.61 Å².